The summed E-state index contributed by atoms with van der Waals surface area (Å²) in [6.07, 6.45) is 12.8. The second kappa shape index (κ2) is 17.9. The van der Waals surface area contributed by atoms with Crippen LogP contribution in [0.25, 0.3) is 11.0 Å². The van der Waals surface area contributed by atoms with Crippen molar-refractivity contribution in [2.24, 2.45) is 11.3 Å². The van der Waals surface area contributed by atoms with E-state index < -0.39 is 43.1 Å². The molecule has 2 saturated heterocycles. The molecule has 2 aliphatic carbocycles. The molecule has 0 radical (unpaired) electrons. The molecule has 3 aromatic heterocycles. The smallest absolute Gasteiger partial charge is 0.392 e. The predicted molar refractivity (Wildman–Crippen MR) is 254 cm³/mol. The van der Waals surface area contributed by atoms with Gasteiger partial charge in [0.15, 0.2) is 11.4 Å². The van der Waals surface area contributed by atoms with Crippen molar-refractivity contribution in [1.82, 2.24) is 24.6 Å². The van der Waals surface area contributed by atoms with E-state index in [1.54, 1.807) is 12.1 Å². The van der Waals surface area contributed by atoms with E-state index in [-0.39, 0.29) is 57.9 Å². The average molecular weight is 951 g/mol. The zero-order valence-electron chi connectivity index (χ0n) is 38.7. The van der Waals surface area contributed by atoms with Crippen LogP contribution < -0.4 is 24.4 Å². The molecule has 1 amide bonds. The number of H-pyrrole nitrogens is 1. The van der Waals surface area contributed by atoms with Crippen molar-refractivity contribution < 1.29 is 37.1 Å². The Labute approximate surface area is 395 Å². The number of benzene rings is 2. The molecule has 6 heterocycles. The van der Waals surface area contributed by atoms with Crippen LogP contribution in [0.5, 0.6) is 17.2 Å². The molecule has 2 atom stereocenters. The van der Waals surface area contributed by atoms with E-state index in [4.69, 9.17) is 9.47 Å². The second-order valence-electron chi connectivity index (χ2n) is 20.4. The number of aromatic amines is 1. The molecule has 3 aliphatic heterocycles. The molecule has 16 nitrogen and oxygen atoms in total. The van der Waals surface area contributed by atoms with E-state index in [1.807, 2.05) is 11.6 Å². The lowest BCUT2D eigenvalue weighted by Crippen LogP contribution is -2.54. The third kappa shape index (κ3) is 9.09. The first-order valence-corrected chi connectivity index (χ1v) is 25.4. The number of nitro groups is 1. The first-order chi connectivity index (χ1) is 32.5. The number of likely N-dealkylation sites (tertiary alicyclic amines) is 1. The summed E-state index contributed by atoms with van der Waals surface area (Å²) in [5, 5.41) is 25.2. The number of aromatic nitrogens is 3. The maximum atomic E-state index is 14.7. The number of amides is 1. The fraction of sp³-hybridized carbons (Fsp3) is 0.500. The van der Waals surface area contributed by atoms with Crippen molar-refractivity contribution in [2.45, 2.75) is 126 Å². The normalized spacial score (nSPS) is 24.0. The molecule has 4 N–H and O–H groups in total. The molecule has 2 aromatic carbocycles. The van der Waals surface area contributed by atoms with E-state index in [2.05, 4.69) is 68.2 Å². The van der Waals surface area contributed by atoms with Gasteiger partial charge in [0.2, 0.25) is 0 Å². The monoisotopic (exact) mass is 950 g/mol. The largest absolute Gasteiger partial charge is 0.489 e. The number of carbonyl (C=O) groups excluding carboxylic acids is 1. The molecule has 360 valence electrons. The summed E-state index contributed by atoms with van der Waals surface area (Å²) < 4.78 is 56.7. The molecule has 5 aromatic rings. The summed E-state index contributed by atoms with van der Waals surface area (Å²) in [6, 6.07) is 17.0. The van der Waals surface area contributed by atoms with Crippen LogP contribution in [0.2, 0.25) is 0 Å². The topological polar surface area (TPSA) is 205 Å². The van der Waals surface area contributed by atoms with Gasteiger partial charge in [-0.1, -0.05) is 38.1 Å². The van der Waals surface area contributed by atoms with Gasteiger partial charge in [-0.15, -0.1) is 0 Å². The molecule has 4 fully saturated rings. The van der Waals surface area contributed by atoms with Crippen molar-refractivity contribution in [3.8, 4) is 17.2 Å². The minimum atomic E-state index is -4.82. The van der Waals surface area contributed by atoms with Crippen LogP contribution in [0.1, 0.15) is 125 Å². The minimum absolute atomic E-state index is 0.00239. The second-order valence-corrected chi connectivity index (χ2v) is 22.0. The molecular formula is C50H59FN8O8S. The summed E-state index contributed by atoms with van der Waals surface area (Å²) in [5.74, 6) is -1.59. The number of ether oxygens (including phenoxy) is 2. The SMILES string of the molecule is CC(C)c1ccccc1[C@@H]1CCCN1C1CC2(CCN(c3ccc(C(=O)NS(=O)(=O)c4cc5c(c([N+](=O)[O-])n4)N[C@@H](C[C@H]4CC[C@](C)(O)CC4)CO5)c(Oc4cnc5[nH]cc(F)c5c4)c3)CC2)C1. The van der Waals surface area contributed by atoms with Crippen molar-refractivity contribution in [3.05, 3.63) is 99.6 Å². The van der Waals surface area contributed by atoms with Gasteiger partial charge in [-0.3, -0.25) is 9.69 Å². The fourth-order valence-electron chi connectivity index (χ4n) is 11.6. The molecule has 68 heavy (non-hydrogen) atoms. The summed E-state index contributed by atoms with van der Waals surface area (Å²) >= 11 is 0. The molecular weight excluding hydrogens is 892 g/mol. The number of rotatable bonds is 12. The van der Waals surface area contributed by atoms with Gasteiger partial charge in [-0.2, -0.15) is 8.42 Å². The fourth-order valence-corrected chi connectivity index (χ4v) is 12.5. The van der Waals surface area contributed by atoms with Gasteiger partial charge in [0.1, 0.15) is 29.6 Å². The van der Waals surface area contributed by atoms with E-state index in [0.717, 1.165) is 69.9 Å². The number of aliphatic hydroxyl groups is 1. The Morgan fingerprint density at radius 1 is 1.07 bits per heavy atom. The number of anilines is 2. The number of fused-ring (bicyclic) bond motifs is 2. The number of carbonyl (C=O) groups is 1. The van der Waals surface area contributed by atoms with Crippen LogP contribution in [0, 0.1) is 27.3 Å². The summed E-state index contributed by atoms with van der Waals surface area (Å²) in [6.45, 7) is 9.16. The Bertz CT molecular complexity index is 2850. The quantitative estimate of drug-likeness (QED) is 0.0681. The number of piperidine rings is 1. The highest BCUT2D eigenvalue weighted by Crippen LogP contribution is 2.54. The van der Waals surface area contributed by atoms with Crippen molar-refractivity contribution in [1.29, 1.82) is 0 Å². The van der Waals surface area contributed by atoms with Crippen molar-refractivity contribution in [3.63, 3.8) is 0 Å². The lowest BCUT2D eigenvalue weighted by atomic mass is 9.59. The lowest BCUT2D eigenvalue weighted by molar-refractivity contribution is -0.389. The van der Waals surface area contributed by atoms with E-state index in [9.17, 15) is 32.8 Å². The Kier molecular flexibility index (Phi) is 12.1. The van der Waals surface area contributed by atoms with Crippen molar-refractivity contribution in [2.75, 3.05) is 36.5 Å². The van der Waals surface area contributed by atoms with E-state index in [0.29, 0.717) is 42.9 Å². The zero-order valence-corrected chi connectivity index (χ0v) is 39.5. The molecule has 5 aliphatic rings. The van der Waals surface area contributed by atoms with Crippen molar-refractivity contribution >= 4 is 44.2 Å². The average Bonchev–Trinajstić information content (AvgIpc) is 3.94. The molecule has 18 heteroatoms. The number of sulfonamides is 1. The lowest BCUT2D eigenvalue weighted by Gasteiger charge is -2.56. The Morgan fingerprint density at radius 3 is 2.59 bits per heavy atom. The van der Waals surface area contributed by atoms with Gasteiger partial charge in [0.25, 0.3) is 10.9 Å². The maximum absolute atomic E-state index is 14.7. The number of pyridine rings is 2. The molecule has 0 unspecified atom stereocenters. The highest BCUT2D eigenvalue weighted by atomic mass is 32.2. The van der Waals surface area contributed by atoms with Gasteiger partial charge in [-0.05, 0) is 141 Å². The number of hydrogen-bond donors (Lipinski definition) is 4. The number of halogens is 1. The first kappa shape index (κ1) is 45.9. The zero-order chi connectivity index (χ0) is 47.5. The van der Waals surface area contributed by atoms with Gasteiger partial charge in [-0.25, -0.2) is 14.1 Å². The van der Waals surface area contributed by atoms with Crippen LogP contribution in [-0.2, 0) is 10.0 Å². The van der Waals surface area contributed by atoms with Crippen LogP contribution >= 0.6 is 0 Å². The highest BCUT2D eigenvalue weighted by Gasteiger charge is 2.50. The van der Waals surface area contributed by atoms with E-state index in [1.165, 1.54) is 48.5 Å². The minimum Gasteiger partial charge on any atom is -0.489 e. The standard InChI is InChI=1S/C50H59FN8O8S/c1-30(2)36-7-4-5-8-37(36)41-9-6-18-58(41)34-25-50(26-34)16-19-57(20-17-50)33-10-11-38(42(22-33)67-35-23-39-40(51)28-53-46(39)52-27-35)48(60)56-68(64,65)44-24-43-45(47(55-44)59(62)63)54-32(29-66-43)21-31-12-14-49(3,61)15-13-31/h4-5,7-8,10-11,22-24,27-28,30-32,34,41,54,61H,6,9,12-21,25-26,29H2,1-3H3,(H,52,53)(H,56,60)/t31-,32-,41-,49-/m0/s1. The predicted octanol–water partition coefficient (Wildman–Crippen LogP) is 9.13. The maximum Gasteiger partial charge on any atom is 0.392 e. The molecule has 1 spiro atoms. The summed E-state index contributed by atoms with van der Waals surface area (Å²) in [5.41, 5.74) is 3.33. The summed E-state index contributed by atoms with van der Waals surface area (Å²) in [4.78, 5) is 41.5. The van der Waals surface area contributed by atoms with E-state index >= 15 is 0 Å². The van der Waals surface area contributed by atoms with Crippen LogP contribution in [-0.4, -0.2) is 88.1 Å². The van der Waals surface area contributed by atoms with Crippen LogP contribution in [0.15, 0.2) is 72.0 Å². The van der Waals surface area contributed by atoms with Gasteiger partial charge in [0, 0.05) is 49.2 Å². The third-order valence-corrected chi connectivity index (χ3v) is 16.6. The Balaban J connectivity index is 0.853. The van der Waals surface area contributed by atoms with Gasteiger partial charge in [0.05, 0.1) is 28.8 Å². The van der Waals surface area contributed by atoms with Gasteiger partial charge >= 0.3 is 15.8 Å². The third-order valence-electron chi connectivity index (χ3n) is 15.4. The highest BCUT2D eigenvalue weighted by molar-refractivity contribution is 7.90. The van der Waals surface area contributed by atoms with Gasteiger partial charge < -0.3 is 39.9 Å². The number of hydrogen-bond acceptors (Lipinski definition) is 13. The molecule has 10 rings (SSSR count). The summed E-state index contributed by atoms with van der Waals surface area (Å²) in [7, 11) is -4.82. The van der Waals surface area contributed by atoms with Crippen LogP contribution in [0.4, 0.5) is 21.6 Å². The molecule has 2 saturated carbocycles. The Hall–Kier alpha value is -5.85. The number of nitrogens with one attached hydrogen (secondary N) is 3. The number of nitrogens with zero attached hydrogens (tertiary/aromatic N) is 5. The van der Waals surface area contributed by atoms with Crippen LogP contribution in [0.3, 0.4) is 0 Å². The Morgan fingerprint density at radius 2 is 1.84 bits per heavy atom. The first-order valence-electron chi connectivity index (χ1n) is 24.0. The molecule has 0 bridgehead atoms.